The molecule has 3 nitrogen and oxygen atoms in total. The predicted octanol–water partition coefficient (Wildman–Crippen LogP) is 2.01. The van der Waals surface area contributed by atoms with Gasteiger partial charge < -0.3 is 15.6 Å². The van der Waals surface area contributed by atoms with Crippen LogP contribution in [0.1, 0.15) is 24.2 Å². The second-order valence-corrected chi connectivity index (χ2v) is 4.14. The number of halogens is 1. The highest BCUT2D eigenvalue weighted by Gasteiger charge is 2.14. The van der Waals surface area contributed by atoms with Crippen LogP contribution >= 0.6 is 15.9 Å². The molecule has 0 fully saturated rings. The number of methoxy groups -OCH3 is 1. The van der Waals surface area contributed by atoms with Crippen molar-refractivity contribution in [3.8, 4) is 5.75 Å². The maximum Gasteiger partial charge on any atom is 0.125 e. The van der Waals surface area contributed by atoms with Crippen molar-refractivity contribution in [3.63, 3.8) is 0 Å². The molecule has 0 saturated heterocycles. The summed E-state index contributed by atoms with van der Waals surface area (Å²) in [6, 6.07) is 3.80. The van der Waals surface area contributed by atoms with Crippen LogP contribution < -0.4 is 10.5 Å². The number of ether oxygens (including phenoxy) is 1. The highest BCUT2D eigenvalue weighted by atomic mass is 79.9. The molecule has 1 aromatic carbocycles. The quantitative estimate of drug-likeness (QED) is 0.883. The highest BCUT2D eigenvalue weighted by molar-refractivity contribution is 9.10. The van der Waals surface area contributed by atoms with Crippen LogP contribution in [0.3, 0.4) is 0 Å². The van der Waals surface area contributed by atoms with Gasteiger partial charge in [0.15, 0.2) is 0 Å². The summed E-state index contributed by atoms with van der Waals surface area (Å²) >= 11 is 3.46. The summed E-state index contributed by atoms with van der Waals surface area (Å²) in [4.78, 5) is 0. The molecule has 0 amide bonds. The normalized spacial score (nSPS) is 12.6. The predicted molar refractivity (Wildman–Crippen MR) is 64.1 cm³/mol. The summed E-state index contributed by atoms with van der Waals surface area (Å²) in [5.41, 5.74) is 7.31. The lowest BCUT2D eigenvalue weighted by molar-refractivity contribution is 0.182. The van der Waals surface area contributed by atoms with E-state index in [1.807, 2.05) is 12.1 Å². The molecule has 1 aromatic rings. The van der Waals surface area contributed by atoms with Gasteiger partial charge >= 0.3 is 0 Å². The Morgan fingerprint density at radius 3 is 2.67 bits per heavy atom. The summed E-state index contributed by atoms with van der Waals surface area (Å²) in [7, 11) is 1.59. The fourth-order valence-corrected chi connectivity index (χ4v) is 2.09. The first-order valence-electron chi connectivity index (χ1n) is 4.88. The van der Waals surface area contributed by atoms with Gasteiger partial charge in [-0.1, -0.05) is 22.9 Å². The summed E-state index contributed by atoms with van der Waals surface area (Å²) < 4.78 is 6.21. The van der Waals surface area contributed by atoms with Crippen molar-refractivity contribution in [2.24, 2.45) is 5.73 Å². The van der Waals surface area contributed by atoms with Gasteiger partial charge in [-0.25, -0.2) is 0 Å². The van der Waals surface area contributed by atoms with Gasteiger partial charge in [-0.2, -0.15) is 0 Å². The van der Waals surface area contributed by atoms with E-state index in [2.05, 4.69) is 22.9 Å². The van der Waals surface area contributed by atoms with Crippen LogP contribution in [0, 0.1) is 0 Å². The van der Waals surface area contributed by atoms with Crippen LogP contribution in [0.15, 0.2) is 16.6 Å². The fourth-order valence-electron chi connectivity index (χ4n) is 1.45. The maximum absolute atomic E-state index is 9.70. The van der Waals surface area contributed by atoms with E-state index in [4.69, 9.17) is 10.5 Å². The van der Waals surface area contributed by atoms with E-state index in [0.717, 1.165) is 22.0 Å². The topological polar surface area (TPSA) is 55.5 Å². The van der Waals surface area contributed by atoms with Gasteiger partial charge in [0.25, 0.3) is 0 Å². The number of hydrogen-bond donors (Lipinski definition) is 2. The van der Waals surface area contributed by atoms with Gasteiger partial charge in [0, 0.05) is 16.6 Å². The van der Waals surface area contributed by atoms with Gasteiger partial charge in [-0.05, 0) is 24.1 Å². The molecule has 0 radical (unpaired) electrons. The van der Waals surface area contributed by atoms with Crippen LogP contribution in [-0.4, -0.2) is 18.8 Å². The summed E-state index contributed by atoms with van der Waals surface area (Å²) in [5, 5.41) is 9.70. The van der Waals surface area contributed by atoms with Crippen LogP contribution in [0.25, 0.3) is 0 Å². The second kappa shape index (κ2) is 5.49. The van der Waals surface area contributed by atoms with E-state index in [1.165, 1.54) is 0 Å². The molecule has 1 rings (SSSR count). The van der Waals surface area contributed by atoms with Gasteiger partial charge in [0.05, 0.1) is 13.2 Å². The largest absolute Gasteiger partial charge is 0.496 e. The lowest BCUT2D eigenvalue weighted by Crippen LogP contribution is -2.13. The number of rotatable bonds is 4. The van der Waals surface area contributed by atoms with E-state index in [0.29, 0.717) is 5.75 Å². The molecule has 0 bridgehead atoms. The number of aryl methyl sites for hydroxylation is 1. The lowest BCUT2D eigenvalue weighted by atomic mass is 10.0. The number of hydrogen-bond acceptors (Lipinski definition) is 3. The molecule has 0 spiro atoms. The zero-order valence-corrected chi connectivity index (χ0v) is 10.5. The summed E-state index contributed by atoms with van der Waals surface area (Å²) in [5.74, 6) is 0.688. The van der Waals surface area contributed by atoms with E-state index in [-0.39, 0.29) is 6.54 Å². The first kappa shape index (κ1) is 12.5. The van der Waals surface area contributed by atoms with E-state index >= 15 is 0 Å². The highest BCUT2D eigenvalue weighted by Crippen LogP contribution is 2.31. The molecule has 0 aliphatic carbocycles. The fraction of sp³-hybridized carbons (Fsp3) is 0.455. The monoisotopic (exact) mass is 273 g/mol. The molecule has 0 aliphatic heterocycles. The van der Waals surface area contributed by atoms with Gasteiger partial charge in [0.1, 0.15) is 5.75 Å². The minimum atomic E-state index is -0.679. The molecule has 1 unspecified atom stereocenters. The van der Waals surface area contributed by atoms with Crippen molar-refractivity contribution >= 4 is 15.9 Å². The zero-order chi connectivity index (χ0) is 11.4. The maximum atomic E-state index is 9.70. The average molecular weight is 274 g/mol. The Labute approximate surface area is 98.4 Å². The Morgan fingerprint density at radius 2 is 2.20 bits per heavy atom. The standard InChI is InChI=1S/C11H16BrNO2/c1-3-7-4-11(15-2)8(5-9(7)12)10(14)6-13/h4-5,10,14H,3,6,13H2,1-2H3. The molecule has 1 atom stereocenters. The third kappa shape index (κ3) is 2.71. The third-order valence-electron chi connectivity index (χ3n) is 2.36. The number of aliphatic hydroxyl groups excluding tert-OH is 1. The first-order valence-corrected chi connectivity index (χ1v) is 5.67. The van der Waals surface area contributed by atoms with Crippen LogP contribution in [0.4, 0.5) is 0 Å². The second-order valence-electron chi connectivity index (χ2n) is 3.29. The summed E-state index contributed by atoms with van der Waals surface area (Å²) in [6.45, 7) is 2.26. The molecule has 0 aliphatic rings. The molecule has 0 heterocycles. The molecule has 0 saturated carbocycles. The third-order valence-corrected chi connectivity index (χ3v) is 3.10. The van der Waals surface area contributed by atoms with Crippen molar-refractivity contribution in [1.82, 2.24) is 0 Å². The van der Waals surface area contributed by atoms with Crippen molar-refractivity contribution in [1.29, 1.82) is 0 Å². The molecule has 0 aromatic heterocycles. The summed E-state index contributed by atoms with van der Waals surface area (Å²) in [6.07, 6.45) is 0.234. The van der Waals surface area contributed by atoms with Crippen molar-refractivity contribution in [2.45, 2.75) is 19.4 Å². The lowest BCUT2D eigenvalue weighted by Gasteiger charge is -2.15. The molecular weight excluding hydrogens is 258 g/mol. The Kier molecular flexibility index (Phi) is 4.57. The first-order chi connectivity index (χ1) is 7.13. The van der Waals surface area contributed by atoms with E-state index < -0.39 is 6.10 Å². The van der Waals surface area contributed by atoms with Gasteiger partial charge in [0.2, 0.25) is 0 Å². The molecular formula is C11H16BrNO2. The molecule has 84 valence electrons. The van der Waals surface area contributed by atoms with Crippen molar-refractivity contribution in [3.05, 3.63) is 27.7 Å². The molecule has 4 heteroatoms. The number of nitrogens with two attached hydrogens (primary N) is 1. The van der Waals surface area contributed by atoms with Crippen LogP contribution in [-0.2, 0) is 6.42 Å². The number of benzene rings is 1. The zero-order valence-electron chi connectivity index (χ0n) is 8.96. The molecule has 3 N–H and O–H groups in total. The minimum Gasteiger partial charge on any atom is -0.496 e. The Hall–Kier alpha value is -0.580. The Morgan fingerprint density at radius 1 is 1.53 bits per heavy atom. The Balaban J connectivity index is 3.21. The minimum absolute atomic E-state index is 0.189. The van der Waals surface area contributed by atoms with Crippen LogP contribution in [0.5, 0.6) is 5.75 Å². The van der Waals surface area contributed by atoms with Gasteiger partial charge in [-0.3, -0.25) is 0 Å². The molecule has 15 heavy (non-hydrogen) atoms. The van der Waals surface area contributed by atoms with Crippen LogP contribution in [0.2, 0.25) is 0 Å². The van der Waals surface area contributed by atoms with E-state index in [9.17, 15) is 5.11 Å². The van der Waals surface area contributed by atoms with Crippen molar-refractivity contribution in [2.75, 3.05) is 13.7 Å². The number of aliphatic hydroxyl groups is 1. The van der Waals surface area contributed by atoms with E-state index in [1.54, 1.807) is 7.11 Å². The van der Waals surface area contributed by atoms with Crippen molar-refractivity contribution < 1.29 is 9.84 Å². The van der Waals surface area contributed by atoms with Gasteiger partial charge in [-0.15, -0.1) is 0 Å². The Bertz CT molecular complexity index is 342. The smallest absolute Gasteiger partial charge is 0.125 e. The average Bonchev–Trinajstić information content (AvgIpc) is 2.27. The SMILES string of the molecule is CCc1cc(OC)c(C(O)CN)cc1Br.